The highest BCUT2D eigenvalue weighted by atomic mass is 16.6. The van der Waals surface area contributed by atoms with Gasteiger partial charge in [-0.25, -0.2) is 4.79 Å². The van der Waals surface area contributed by atoms with Gasteiger partial charge in [0.05, 0.1) is 5.56 Å². The molecule has 0 radical (unpaired) electrons. The van der Waals surface area contributed by atoms with Crippen molar-refractivity contribution in [1.29, 1.82) is 0 Å². The Morgan fingerprint density at radius 1 is 1.17 bits per heavy atom. The van der Waals surface area contributed by atoms with Gasteiger partial charge in [0.25, 0.3) is 0 Å². The predicted octanol–water partition coefficient (Wildman–Crippen LogP) is 5.48. The first-order chi connectivity index (χ1) is 10.8. The quantitative estimate of drug-likeness (QED) is 0.746. The van der Waals surface area contributed by atoms with Gasteiger partial charge in [0.1, 0.15) is 5.60 Å². The van der Waals surface area contributed by atoms with E-state index in [2.05, 4.69) is 18.0 Å². The summed E-state index contributed by atoms with van der Waals surface area (Å²) >= 11 is 0. The van der Waals surface area contributed by atoms with Gasteiger partial charge in [-0.05, 0) is 64.2 Å². The van der Waals surface area contributed by atoms with Crippen LogP contribution in [0.5, 0.6) is 0 Å². The first-order valence-corrected chi connectivity index (χ1v) is 8.71. The van der Waals surface area contributed by atoms with Crippen molar-refractivity contribution in [3.05, 3.63) is 35.0 Å². The lowest BCUT2D eigenvalue weighted by atomic mass is 9.83. The lowest BCUT2D eigenvalue weighted by molar-refractivity contribution is 0.00697. The maximum absolute atomic E-state index is 12.3. The standard InChI is InChI=1S/C20H27NO2/c1-13-18(14-8-6-5-7-9-14)16-11-10-15(12-17(16)21-13)19(22)23-20(2,3)4/h10-12,14,21H,5-9H2,1-4H3. The number of ether oxygens (including phenoxy) is 1. The molecule has 1 saturated carbocycles. The Labute approximate surface area is 138 Å². The number of carbonyl (C=O) groups is 1. The van der Waals surface area contributed by atoms with Crippen molar-refractivity contribution >= 4 is 16.9 Å². The Hall–Kier alpha value is -1.77. The van der Waals surface area contributed by atoms with E-state index in [4.69, 9.17) is 4.74 Å². The summed E-state index contributed by atoms with van der Waals surface area (Å²) in [5.74, 6) is 0.399. The lowest BCUT2D eigenvalue weighted by Gasteiger charge is -2.22. The molecule has 0 unspecified atom stereocenters. The van der Waals surface area contributed by atoms with Gasteiger partial charge in [-0.1, -0.05) is 25.3 Å². The summed E-state index contributed by atoms with van der Waals surface area (Å²) in [4.78, 5) is 15.7. The molecule has 124 valence electrons. The molecule has 0 spiro atoms. The number of esters is 1. The monoisotopic (exact) mass is 313 g/mol. The van der Waals surface area contributed by atoms with E-state index >= 15 is 0 Å². The van der Waals surface area contributed by atoms with Crippen molar-refractivity contribution in [2.45, 2.75) is 71.3 Å². The molecule has 0 bridgehead atoms. The molecule has 3 nitrogen and oxygen atoms in total. The van der Waals surface area contributed by atoms with Gasteiger partial charge in [-0.3, -0.25) is 0 Å². The number of hydrogen-bond donors (Lipinski definition) is 1. The molecule has 2 aromatic rings. The van der Waals surface area contributed by atoms with E-state index in [1.807, 2.05) is 32.9 Å². The Bertz CT molecular complexity index is 715. The Balaban J connectivity index is 1.94. The second-order valence-electron chi connectivity index (χ2n) is 7.76. The van der Waals surface area contributed by atoms with Gasteiger partial charge in [-0.15, -0.1) is 0 Å². The largest absolute Gasteiger partial charge is 0.456 e. The van der Waals surface area contributed by atoms with Crippen molar-refractivity contribution < 1.29 is 9.53 Å². The zero-order chi connectivity index (χ0) is 16.6. The fraction of sp³-hybridized carbons (Fsp3) is 0.550. The van der Waals surface area contributed by atoms with Gasteiger partial charge in [-0.2, -0.15) is 0 Å². The van der Waals surface area contributed by atoms with Crippen LogP contribution in [0.1, 0.15) is 80.4 Å². The predicted molar refractivity (Wildman–Crippen MR) is 94.0 cm³/mol. The first kappa shape index (κ1) is 16.1. The molecular formula is C20H27NO2. The molecule has 3 heteroatoms. The maximum Gasteiger partial charge on any atom is 0.338 e. The summed E-state index contributed by atoms with van der Waals surface area (Å²) in [6.45, 7) is 7.83. The summed E-state index contributed by atoms with van der Waals surface area (Å²) in [6.07, 6.45) is 6.57. The van der Waals surface area contributed by atoms with Crippen molar-refractivity contribution in [2.24, 2.45) is 0 Å². The third-order valence-electron chi connectivity index (χ3n) is 4.68. The van der Waals surface area contributed by atoms with E-state index in [1.54, 1.807) is 0 Å². The molecule has 1 aliphatic carbocycles. The Morgan fingerprint density at radius 3 is 2.52 bits per heavy atom. The number of benzene rings is 1. The van der Waals surface area contributed by atoms with Crippen molar-refractivity contribution in [2.75, 3.05) is 0 Å². The third kappa shape index (κ3) is 3.44. The van der Waals surface area contributed by atoms with E-state index in [0.29, 0.717) is 11.5 Å². The van der Waals surface area contributed by atoms with Gasteiger partial charge >= 0.3 is 5.97 Å². The lowest BCUT2D eigenvalue weighted by Crippen LogP contribution is -2.23. The first-order valence-electron chi connectivity index (χ1n) is 8.71. The molecule has 1 aromatic heterocycles. The number of rotatable bonds is 2. The van der Waals surface area contributed by atoms with Crippen LogP contribution in [0.2, 0.25) is 0 Å². The molecule has 1 fully saturated rings. The van der Waals surface area contributed by atoms with Gasteiger partial charge in [0.2, 0.25) is 0 Å². The molecule has 23 heavy (non-hydrogen) atoms. The van der Waals surface area contributed by atoms with Crippen LogP contribution in [-0.2, 0) is 4.74 Å². The summed E-state index contributed by atoms with van der Waals surface area (Å²) in [5.41, 5.74) is 3.89. The zero-order valence-corrected chi connectivity index (χ0v) is 14.7. The summed E-state index contributed by atoms with van der Waals surface area (Å²) < 4.78 is 5.47. The minimum Gasteiger partial charge on any atom is -0.456 e. The molecular weight excluding hydrogens is 286 g/mol. The number of aromatic amines is 1. The zero-order valence-electron chi connectivity index (χ0n) is 14.7. The molecule has 0 saturated heterocycles. The second-order valence-corrected chi connectivity index (χ2v) is 7.76. The van der Waals surface area contributed by atoms with Gasteiger partial charge < -0.3 is 9.72 Å². The number of hydrogen-bond acceptors (Lipinski definition) is 2. The summed E-state index contributed by atoms with van der Waals surface area (Å²) in [5, 5.41) is 1.27. The molecule has 1 heterocycles. The van der Waals surface area contributed by atoms with Gasteiger partial charge in [0.15, 0.2) is 0 Å². The minimum atomic E-state index is -0.467. The average molecular weight is 313 g/mol. The van der Waals surface area contributed by atoms with Crippen LogP contribution in [-0.4, -0.2) is 16.6 Å². The number of aryl methyl sites for hydroxylation is 1. The summed E-state index contributed by atoms with van der Waals surface area (Å²) in [6, 6.07) is 5.92. The number of nitrogens with one attached hydrogen (secondary N) is 1. The normalized spacial score (nSPS) is 16.7. The smallest absolute Gasteiger partial charge is 0.338 e. The van der Waals surface area contributed by atoms with E-state index in [1.165, 1.54) is 48.7 Å². The van der Waals surface area contributed by atoms with E-state index in [-0.39, 0.29) is 5.97 Å². The molecule has 1 aliphatic rings. The van der Waals surface area contributed by atoms with Crippen molar-refractivity contribution in [3.8, 4) is 0 Å². The number of carbonyl (C=O) groups excluding carboxylic acids is 1. The van der Waals surface area contributed by atoms with E-state index < -0.39 is 5.60 Å². The van der Waals surface area contributed by atoms with Crippen molar-refractivity contribution in [3.63, 3.8) is 0 Å². The highest BCUT2D eigenvalue weighted by molar-refractivity contribution is 5.96. The van der Waals surface area contributed by atoms with Gasteiger partial charge in [0, 0.05) is 16.6 Å². The molecule has 0 amide bonds. The second kappa shape index (κ2) is 6.03. The number of aromatic nitrogens is 1. The average Bonchev–Trinajstić information content (AvgIpc) is 2.81. The molecule has 3 rings (SSSR count). The van der Waals surface area contributed by atoms with Crippen LogP contribution in [0.3, 0.4) is 0 Å². The van der Waals surface area contributed by atoms with Crippen LogP contribution < -0.4 is 0 Å². The van der Waals surface area contributed by atoms with Crippen LogP contribution >= 0.6 is 0 Å². The Morgan fingerprint density at radius 2 is 1.87 bits per heavy atom. The van der Waals surface area contributed by atoms with Crippen LogP contribution in [0.15, 0.2) is 18.2 Å². The van der Waals surface area contributed by atoms with Crippen LogP contribution in [0.4, 0.5) is 0 Å². The molecule has 0 aliphatic heterocycles. The molecule has 1 N–H and O–H groups in total. The molecule has 1 aromatic carbocycles. The highest BCUT2D eigenvalue weighted by Crippen LogP contribution is 2.38. The highest BCUT2D eigenvalue weighted by Gasteiger charge is 2.23. The minimum absolute atomic E-state index is 0.258. The maximum atomic E-state index is 12.3. The van der Waals surface area contributed by atoms with Crippen LogP contribution in [0, 0.1) is 6.92 Å². The Kier molecular flexibility index (Phi) is 4.22. The van der Waals surface area contributed by atoms with Crippen molar-refractivity contribution in [1.82, 2.24) is 4.98 Å². The fourth-order valence-electron chi connectivity index (χ4n) is 3.74. The van der Waals surface area contributed by atoms with E-state index in [0.717, 1.165) is 5.52 Å². The third-order valence-corrected chi connectivity index (χ3v) is 4.68. The summed E-state index contributed by atoms with van der Waals surface area (Å²) in [7, 11) is 0. The topological polar surface area (TPSA) is 42.1 Å². The SMILES string of the molecule is Cc1[nH]c2cc(C(=O)OC(C)(C)C)ccc2c1C1CCCCC1. The van der Waals surface area contributed by atoms with E-state index in [9.17, 15) is 4.79 Å². The number of H-pyrrole nitrogens is 1. The van der Waals surface area contributed by atoms with Crippen LogP contribution in [0.25, 0.3) is 10.9 Å². The molecule has 0 atom stereocenters. The number of fused-ring (bicyclic) bond motifs is 1. The fourth-order valence-corrected chi connectivity index (χ4v) is 3.74.